The Bertz CT molecular complexity index is 1460. The van der Waals surface area contributed by atoms with Crippen molar-refractivity contribution in [2.24, 2.45) is 0 Å². The highest BCUT2D eigenvalue weighted by Gasteiger charge is 2.53. The molecule has 15 nitrogen and oxygen atoms in total. The van der Waals surface area contributed by atoms with Crippen LogP contribution >= 0.6 is 0 Å². The van der Waals surface area contributed by atoms with Crippen LogP contribution in [0.3, 0.4) is 0 Å². The van der Waals surface area contributed by atoms with Gasteiger partial charge in [-0.25, -0.2) is 9.59 Å². The topological polar surface area (TPSA) is 199 Å². The van der Waals surface area contributed by atoms with Crippen molar-refractivity contribution < 1.29 is 67.0 Å². The summed E-state index contributed by atoms with van der Waals surface area (Å²) in [6.07, 6.45) is -8.49. The summed E-state index contributed by atoms with van der Waals surface area (Å²) in [7, 11) is 0. The second-order valence-corrected chi connectivity index (χ2v) is 10.8. The van der Waals surface area contributed by atoms with Gasteiger partial charge in [0.1, 0.15) is 19.3 Å². The van der Waals surface area contributed by atoms with Gasteiger partial charge in [-0.2, -0.15) is 0 Å². The number of carbonyl (C=O) groups is 6. The fourth-order valence-corrected chi connectivity index (χ4v) is 5.47. The summed E-state index contributed by atoms with van der Waals surface area (Å²) in [5, 5.41) is 12.1. The van der Waals surface area contributed by atoms with Gasteiger partial charge in [0.15, 0.2) is 30.6 Å². The summed E-state index contributed by atoms with van der Waals surface area (Å²) >= 11 is 0. The average Bonchev–Trinajstić information content (AvgIpc) is 3.32. The first-order chi connectivity index (χ1) is 22.3. The van der Waals surface area contributed by atoms with Crippen LogP contribution in [0.25, 0.3) is 11.1 Å². The smallest absolute Gasteiger partial charge is 0.407 e. The van der Waals surface area contributed by atoms with E-state index in [0.29, 0.717) is 0 Å². The van der Waals surface area contributed by atoms with Crippen molar-refractivity contribution in [1.29, 1.82) is 0 Å². The van der Waals surface area contributed by atoms with Gasteiger partial charge >= 0.3 is 35.9 Å². The molecule has 1 saturated heterocycles. The van der Waals surface area contributed by atoms with Gasteiger partial charge in [-0.05, 0) is 22.3 Å². The Balaban J connectivity index is 1.48. The highest BCUT2D eigenvalue weighted by molar-refractivity contribution is 5.81. The number of esters is 4. The average molecular weight is 658 g/mol. The number of ether oxygens (including phenoxy) is 7. The lowest BCUT2D eigenvalue weighted by molar-refractivity contribution is -0.308. The van der Waals surface area contributed by atoms with Crippen LogP contribution < -0.4 is 5.32 Å². The third-order valence-corrected chi connectivity index (χ3v) is 7.31. The van der Waals surface area contributed by atoms with Crippen LogP contribution in [0.4, 0.5) is 4.79 Å². The number of benzene rings is 2. The maximum absolute atomic E-state index is 12.8. The molecule has 0 bridgehead atoms. The zero-order valence-corrected chi connectivity index (χ0v) is 26.0. The number of alkyl carbamates (subject to hydrolysis) is 1. The summed E-state index contributed by atoms with van der Waals surface area (Å²) in [4.78, 5) is 72.4. The number of carboxylic acid groups (broad SMARTS) is 1. The first-order valence-electron chi connectivity index (χ1n) is 14.6. The molecule has 1 amide bonds. The molecule has 2 aromatic rings. The normalized spacial score (nSPS) is 22.1. The summed E-state index contributed by atoms with van der Waals surface area (Å²) in [6, 6.07) is 13.7. The van der Waals surface area contributed by atoms with Gasteiger partial charge in [0.25, 0.3) is 0 Å². The molecule has 1 heterocycles. The van der Waals surface area contributed by atoms with Crippen molar-refractivity contribution in [2.45, 2.75) is 70.4 Å². The second-order valence-electron chi connectivity index (χ2n) is 10.8. The Morgan fingerprint density at radius 2 is 1.26 bits per heavy atom. The second kappa shape index (κ2) is 15.5. The number of nitrogens with one attached hydrogen (secondary N) is 1. The fraction of sp³-hybridized carbons (Fsp3) is 0.438. The largest absolute Gasteiger partial charge is 0.480 e. The van der Waals surface area contributed by atoms with Crippen molar-refractivity contribution in [3.63, 3.8) is 0 Å². The van der Waals surface area contributed by atoms with E-state index in [2.05, 4.69) is 5.32 Å². The Kier molecular flexibility index (Phi) is 11.5. The van der Waals surface area contributed by atoms with Crippen LogP contribution in [0.2, 0.25) is 0 Å². The molecule has 2 aromatic carbocycles. The van der Waals surface area contributed by atoms with E-state index in [1.807, 2.05) is 48.5 Å². The lowest BCUT2D eigenvalue weighted by Crippen LogP contribution is -2.63. The molecule has 1 aliphatic carbocycles. The third-order valence-electron chi connectivity index (χ3n) is 7.31. The van der Waals surface area contributed by atoms with E-state index in [-0.39, 0.29) is 12.5 Å². The summed E-state index contributed by atoms with van der Waals surface area (Å²) < 4.78 is 37.9. The molecule has 2 aliphatic rings. The number of hydrogen-bond acceptors (Lipinski definition) is 13. The van der Waals surface area contributed by atoms with E-state index < -0.39 is 85.9 Å². The number of rotatable bonds is 12. The standard InChI is InChI=1S/C32H35NO14/c1-16(34)41-15-26-27(44-17(2)35)28(45-18(3)36)29(46-19(4)37)31(47-26)42-14-25(30(38)39)33-32(40)43-13-24-22-11-7-5-9-20(22)21-10-6-8-12-23(21)24/h5-12,24-29,31H,13-15H2,1-4H3,(H,33,40)(H,38,39)/t25-,26?,27+,28?,29-,31+/m0/s1. The minimum Gasteiger partial charge on any atom is -0.480 e. The third kappa shape index (κ3) is 8.83. The molecule has 15 heteroatoms. The summed E-state index contributed by atoms with van der Waals surface area (Å²) in [5.41, 5.74) is 3.95. The van der Waals surface area contributed by atoms with E-state index >= 15 is 0 Å². The number of aliphatic carboxylic acids is 1. The van der Waals surface area contributed by atoms with Crippen LogP contribution in [-0.4, -0.2) is 97.6 Å². The van der Waals surface area contributed by atoms with Crippen molar-refractivity contribution in [1.82, 2.24) is 5.32 Å². The van der Waals surface area contributed by atoms with E-state index in [0.717, 1.165) is 49.9 Å². The molecule has 1 fully saturated rings. The van der Waals surface area contributed by atoms with Gasteiger partial charge in [-0.3, -0.25) is 19.2 Å². The Hall–Kier alpha value is -5.02. The van der Waals surface area contributed by atoms with Crippen molar-refractivity contribution in [2.75, 3.05) is 19.8 Å². The summed E-state index contributed by atoms with van der Waals surface area (Å²) in [6.45, 7) is 2.98. The number of fused-ring (bicyclic) bond motifs is 3. The van der Waals surface area contributed by atoms with Gasteiger partial charge in [0, 0.05) is 33.6 Å². The molecule has 2 unspecified atom stereocenters. The van der Waals surface area contributed by atoms with Crippen LogP contribution in [0, 0.1) is 0 Å². The number of hydrogen-bond donors (Lipinski definition) is 2. The maximum Gasteiger partial charge on any atom is 0.407 e. The molecular weight excluding hydrogens is 622 g/mol. The van der Waals surface area contributed by atoms with Crippen molar-refractivity contribution in [3.8, 4) is 11.1 Å². The van der Waals surface area contributed by atoms with Gasteiger partial charge in [0.2, 0.25) is 0 Å². The lowest BCUT2D eigenvalue weighted by Gasteiger charge is -2.44. The molecule has 1 aliphatic heterocycles. The molecule has 0 saturated carbocycles. The number of amides is 1. The SMILES string of the molecule is CC(=O)OCC1O[C@@H](OC[C@H](NC(=O)OCC2c3ccccc3-c3ccccc32)C(=O)O)[C@@H](OC(C)=O)C(OC(C)=O)[C@@H]1OC(C)=O. The number of carboxylic acids is 1. The zero-order valence-electron chi connectivity index (χ0n) is 26.0. The van der Waals surface area contributed by atoms with Crippen LogP contribution in [0.15, 0.2) is 48.5 Å². The lowest BCUT2D eigenvalue weighted by atomic mass is 9.98. The Labute approximate surface area is 269 Å². The van der Waals surface area contributed by atoms with Gasteiger partial charge in [-0.15, -0.1) is 0 Å². The Morgan fingerprint density at radius 3 is 1.79 bits per heavy atom. The van der Waals surface area contributed by atoms with E-state index in [1.165, 1.54) is 0 Å². The zero-order chi connectivity index (χ0) is 34.2. The predicted octanol–water partition coefficient (Wildman–Crippen LogP) is 2.08. The van der Waals surface area contributed by atoms with Gasteiger partial charge in [0.05, 0.1) is 6.61 Å². The highest BCUT2D eigenvalue weighted by atomic mass is 16.7. The molecule has 4 rings (SSSR count). The first-order valence-corrected chi connectivity index (χ1v) is 14.6. The first kappa shape index (κ1) is 34.8. The van der Waals surface area contributed by atoms with Gasteiger partial charge < -0.3 is 43.6 Å². The Morgan fingerprint density at radius 1 is 0.723 bits per heavy atom. The monoisotopic (exact) mass is 657 g/mol. The van der Waals surface area contributed by atoms with E-state index in [1.54, 1.807) is 0 Å². The molecule has 0 aromatic heterocycles. The van der Waals surface area contributed by atoms with Crippen molar-refractivity contribution >= 4 is 35.9 Å². The molecule has 0 radical (unpaired) electrons. The quantitative estimate of drug-likeness (QED) is 0.248. The van der Waals surface area contributed by atoms with E-state index in [9.17, 15) is 33.9 Å². The molecule has 252 valence electrons. The molecule has 6 atom stereocenters. The van der Waals surface area contributed by atoms with Crippen molar-refractivity contribution in [3.05, 3.63) is 59.7 Å². The minimum absolute atomic E-state index is 0.0766. The van der Waals surface area contributed by atoms with Crippen LogP contribution in [0.5, 0.6) is 0 Å². The predicted molar refractivity (Wildman–Crippen MR) is 158 cm³/mol. The van der Waals surface area contributed by atoms with Crippen LogP contribution in [-0.2, 0) is 57.1 Å². The van der Waals surface area contributed by atoms with E-state index in [4.69, 9.17) is 33.2 Å². The number of carbonyl (C=O) groups excluding carboxylic acids is 5. The van der Waals surface area contributed by atoms with Crippen LogP contribution in [0.1, 0.15) is 44.7 Å². The highest BCUT2D eigenvalue weighted by Crippen LogP contribution is 2.44. The molecular formula is C32H35NO14. The molecule has 2 N–H and O–H groups in total. The molecule has 0 spiro atoms. The molecule has 47 heavy (non-hydrogen) atoms. The minimum atomic E-state index is -1.68. The maximum atomic E-state index is 12.8. The van der Waals surface area contributed by atoms with Gasteiger partial charge in [-0.1, -0.05) is 48.5 Å². The summed E-state index contributed by atoms with van der Waals surface area (Å²) in [5.74, 6) is -5.01. The fourth-order valence-electron chi connectivity index (χ4n) is 5.47.